The van der Waals surface area contributed by atoms with Crippen LogP contribution in [0, 0.1) is 0 Å². The van der Waals surface area contributed by atoms with Crippen molar-refractivity contribution in [1.82, 2.24) is 5.16 Å². The highest BCUT2D eigenvalue weighted by molar-refractivity contribution is 5.46. The fraction of sp³-hybridized carbons (Fsp3) is 0.400. The summed E-state index contributed by atoms with van der Waals surface area (Å²) in [5, 5.41) is 7.51. The van der Waals surface area contributed by atoms with E-state index in [0.717, 1.165) is 36.7 Å². The van der Waals surface area contributed by atoms with Gasteiger partial charge in [0.05, 0.1) is 12.8 Å². The molecule has 0 saturated heterocycles. The molecule has 0 unspecified atom stereocenters. The lowest BCUT2D eigenvalue weighted by molar-refractivity contribution is 0.414. The number of rotatable bonds is 3. The highest BCUT2D eigenvalue weighted by Crippen LogP contribution is 2.26. The molecule has 3 rings (SSSR count). The molecule has 0 saturated carbocycles. The summed E-state index contributed by atoms with van der Waals surface area (Å²) in [6, 6.07) is 8.10. The molecule has 0 fully saturated rings. The SMILES string of the molecule is COc1ccc(Cc2noc3c2CCCCN3)cc1. The first-order valence-electron chi connectivity index (χ1n) is 6.71. The molecular formula is C15H18N2O2. The number of anilines is 1. The summed E-state index contributed by atoms with van der Waals surface area (Å²) in [6.07, 6.45) is 4.24. The summed E-state index contributed by atoms with van der Waals surface area (Å²) in [5.41, 5.74) is 3.52. The highest BCUT2D eigenvalue weighted by Gasteiger charge is 2.17. The van der Waals surface area contributed by atoms with Gasteiger partial charge in [-0.3, -0.25) is 0 Å². The van der Waals surface area contributed by atoms with Gasteiger partial charge in [-0.25, -0.2) is 0 Å². The van der Waals surface area contributed by atoms with E-state index < -0.39 is 0 Å². The van der Waals surface area contributed by atoms with Crippen LogP contribution in [0.4, 0.5) is 5.88 Å². The van der Waals surface area contributed by atoms with Gasteiger partial charge in [-0.05, 0) is 37.0 Å². The van der Waals surface area contributed by atoms with Crippen molar-refractivity contribution in [3.8, 4) is 5.75 Å². The molecule has 2 aromatic rings. The molecule has 19 heavy (non-hydrogen) atoms. The molecule has 1 aliphatic heterocycles. The van der Waals surface area contributed by atoms with Crippen LogP contribution in [0.5, 0.6) is 5.75 Å². The van der Waals surface area contributed by atoms with Crippen LogP contribution >= 0.6 is 0 Å². The number of ether oxygens (including phenoxy) is 1. The molecule has 4 nitrogen and oxygen atoms in total. The minimum atomic E-state index is 0.810. The lowest BCUT2D eigenvalue weighted by Crippen LogP contribution is -1.97. The molecule has 0 atom stereocenters. The molecule has 100 valence electrons. The average molecular weight is 258 g/mol. The summed E-state index contributed by atoms with van der Waals surface area (Å²) in [5.74, 6) is 1.74. The second-order valence-corrected chi connectivity index (χ2v) is 4.85. The first kappa shape index (κ1) is 12.1. The minimum absolute atomic E-state index is 0.810. The maximum atomic E-state index is 5.40. The molecule has 0 bridgehead atoms. The van der Waals surface area contributed by atoms with E-state index in [9.17, 15) is 0 Å². The number of hydrogen-bond donors (Lipinski definition) is 1. The van der Waals surface area contributed by atoms with Gasteiger partial charge < -0.3 is 14.6 Å². The van der Waals surface area contributed by atoms with Crippen LogP contribution in [0.2, 0.25) is 0 Å². The molecule has 0 radical (unpaired) electrons. The zero-order chi connectivity index (χ0) is 13.1. The number of fused-ring (bicyclic) bond motifs is 1. The van der Waals surface area contributed by atoms with Gasteiger partial charge in [-0.15, -0.1) is 0 Å². The van der Waals surface area contributed by atoms with Crippen LogP contribution < -0.4 is 10.1 Å². The molecule has 0 spiro atoms. The Morgan fingerprint density at radius 1 is 1.26 bits per heavy atom. The Bertz CT molecular complexity index is 546. The van der Waals surface area contributed by atoms with Crippen molar-refractivity contribution in [3.63, 3.8) is 0 Å². The summed E-state index contributed by atoms with van der Waals surface area (Å²) < 4.78 is 10.6. The van der Waals surface area contributed by atoms with Gasteiger partial charge in [0.15, 0.2) is 0 Å². The van der Waals surface area contributed by atoms with Crippen molar-refractivity contribution in [1.29, 1.82) is 0 Å². The second-order valence-electron chi connectivity index (χ2n) is 4.85. The zero-order valence-electron chi connectivity index (χ0n) is 11.1. The van der Waals surface area contributed by atoms with Crippen LogP contribution in [0.1, 0.15) is 29.7 Å². The Morgan fingerprint density at radius 3 is 2.89 bits per heavy atom. The van der Waals surface area contributed by atoms with Crippen LogP contribution in [-0.2, 0) is 12.8 Å². The van der Waals surface area contributed by atoms with Crippen molar-refractivity contribution in [2.45, 2.75) is 25.7 Å². The van der Waals surface area contributed by atoms with E-state index in [1.54, 1.807) is 7.11 Å². The van der Waals surface area contributed by atoms with Crippen LogP contribution in [0.3, 0.4) is 0 Å². The third kappa shape index (κ3) is 2.57. The lowest BCUT2D eigenvalue weighted by atomic mass is 10.0. The summed E-state index contributed by atoms with van der Waals surface area (Å²) in [4.78, 5) is 0. The highest BCUT2D eigenvalue weighted by atomic mass is 16.5. The molecule has 1 aromatic carbocycles. The molecule has 1 aromatic heterocycles. The number of benzene rings is 1. The van der Waals surface area contributed by atoms with E-state index in [-0.39, 0.29) is 0 Å². The van der Waals surface area contributed by atoms with E-state index in [4.69, 9.17) is 9.26 Å². The van der Waals surface area contributed by atoms with Gasteiger partial charge in [0, 0.05) is 18.5 Å². The summed E-state index contributed by atoms with van der Waals surface area (Å²) >= 11 is 0. The normalized spacial score (nSPS) is 14.4. The molecule has 2 heterocycles. The van der Waals surface area contributed by atoms with Gasteiger partial charge in [0.2, 0.25) is 5.88 Å². The number of methoxy groups -OCH3 is 1. The predicted molar refractivity (Wildman–Crippen MR) is 73.7 cm³/mol. The summed E-state index contributed by atoms with van der Waals surface area (Å²) in [6.45, 7) is 0.976. The molecule has 0 aliphatic carbocycles. The molecular weight excluding hydrogens is 240 g/mol. The topological polar surface area (TPSA) is 47.3 Å². The molecule has 0 amide bonds. The first-order chi connectivity index (χ1) is 9.36. The monoisotopic (exact) mass is 258 g/mol. The fourth-order valence-corrected chi connectivity index (χ4v) is 2.44. The quantitative estimate of drug-likeness (QED) is 0.919. The Morgan fingerprint density at radius 2 is 2.11 bits per heavy atom. The standard InChI is InChI=1S/C15H18N2O2/c1-18-12-7-5-11(6-8-12)10-14-13-4-2-3-9-16-15(13)19-17-14/h5-8,16H,2-4,9-10H2,1H3. The van der Waals surface area contributed by atoms with Crippen molar-refractivity contribution in [3.05, 3.63) is 41.1 Å². The molecule has 1 aliphatic rings. The van der Waals surface area contributed by atoms with E-state index in [1.165, 1.54) is 24.0 Å². The van der Waals surface area contributed by atoms with E-state index in [2.05, 4.69) is 22.6 Å². The maximum absolute atomic E-state index is 5.40. The molecule has 4 heteroatoms. The number of nitrogens with one attached hydrogen (secondary N) is 1. The van der Waals surface area contributed by atoms with Crippen LogP contribution in [0.15, 0.2) is 28.8 Å². The van der Waals surface area contributed by atoms with Gasteiger partial charge in [0.25, 0.3) is 0 Å². The Hall–Kier alpha value is -1.97. The van der Waals surface area contributed by atoms with Crippen molar-refractivity contribution < 1.29 is 9.26 Å². The van der Waals surface area contributed by atoms with Crippen molar-refractivity contribution in [2.24, 2.45) is 0 Å². The average Bonchev–Trinajstić information content (AvgIpc) is 2.68. The fourth-order valence-electron chi connectivity index (χ4n) is 2.44. The number of aromatic nitrogens is 1. The number of hydrogen-bond acceptors (Lipinski definition) is 4. The van der Waals surface area contributed by atoms with Crippen molar-refractivity contribution >= 4 is 5.88 Å². The zero-order valence-corrected chi connectivity index (χ0v) is 11.1. The van der Waals surface area contributed by atoms with Crippen molar-refractivity contribution in [2.75, 3.05) is 19.0 Å². The van der Waals surface area contributed by atoms with Gasteiger partial charge in [-0.2, -0.15) is 0 Å². The third-order valence-corrected chi connectivity index (χ3v) is 3.54. The largest absolute Gasteiger partial charge is 0.497 e. The Kier molecular flexibility index (Phi) is 3.40. The number of nitrogens with zero attached hydrogens (tertiary/aromatic N) is 1. The summed E-state index contributed by atoms with van der Waals surface area (Å²) in [7, 11) is 1.68. The molecule has 1 N–H and O–H groups in total. The first-order valence-corrected chi connectivity index (χ1v) is 6.71. The lowest BCUT2D eigenvalue weighted by Gasteiger charge is -2.03. The Balaban J connectivity index is 1.80. The van der Waals surface area contributed by atoms with E-state index >= 15 is 0 Å². The van der Waals surface area contributed by atoms with E-state index in [0.29, 0.717) is 0 Å². The van der Waals surface area contributed by atoms with Gasteiger partial charge in [0.1, 0.15) is 5.75 Å². The van der Waals surface area contributed by atoms with E-state index in [1.807, 2.05) is 12.1 Å². The van der Waals surface area contributed by atoms with Crippen LogP contribution in [-0.4, -0.2) is 18.8 Å². The van der Waals surface area contributed by atoms with Crippen LogP contribution in [0.25, 0.3) is 0 Å². The third-order valence-electron chi connectivity index (χ3n) is 3.54. The minimum Gasteiger partial charge on any atom is -0.497 e. The van der Waals surface area contributed by atoms with Gasteiger partial charge in [-0.1, -0.05) is 17.3 Å². The Labute approximate surface area is 112 Å². The maximum Gasteiger partial charge on any atom is 0.228 e. The predicted octanol–water partition coefficient (Wildman–Crippen LogP) is 3.02. The van der Waals surface area contributed by atoms with Gasteiger partial charge >= 0.3 is 0 Å². The second kappa shape index (κ2) is 5.34. The smallest absolute Gasteiger partial charge is 0.228 e.